The normalized spacial score (nSPS) is 10.5. The molecule has 0 saturated carbocycles. The van der Waals surface area contributed by atoms with Gasteiger partial charge in [0.2, 0.25) is 0 Å². The van der Waals surface area contributed by atoms with E-state index < -0.39 is 0 Å². The van der Waals surface area contributed by atoms with E-state index in [4.69, 9.17) is 4.74 Å². The molecule has 0 N–H and O–H groups in total. The highest BCUT2D eigenvalue weighted by Gasteiger charge is 2.06. The van der Waals surface area contributed by atoms with Gasteiger partial charge in [-0.15, -0.1) is 0 Å². The standard InChI is InChI=1S/C18H13BrO2/c19-16-8-9-18(15(10-16)11-20)21-12-14-6-3-5-13-4-1-2-7-17(13)14/h1-11H,12H2. The maximum Gasteiger partial charge on any atom is 0.153 e. The van der Waals surface area contributed by atoms with E-state index in [1.165, 1.54) is 10.8 Å². The molecular weight excluding hydrogens is 328 g/mol. The lowest BCUT2D eigenvalue weighted by Gasteiger charge is -2.11. The number of fused-ring (bicyclic) bond motifs is 1. The van der Waals surface area contributed by atoms with Gasteiger partial charge < -0.3 is 4.74 Å². The summed E-state index contributed by atoms with van der Waals surface area (Å²) in [6.45, 7) is 0.434. The van der Waals surface area contributed by atoms with Crippen LogP contribution in [0.2, 0.25) is 0 Å². The van der Waals surface area contributed by atoms with Crippen LogP contribution in [0.4, 0.5) is 0 Å². The Bertz CT molecular complexity index is 791. The average molecular weight is 341 g/mol. The lowest BCUT2D eigenvalue weighted by Crippen LogP contribution is -1.99. The summed E-state index contributed by atoms with van der Waals surface area (Å²) in [6.07, 6.45) is 0.809. The van der Waals surface area contributed by atoms with Crippen molar-refractivity contribution in [1.82, 2.24) is 0 Å². The first-order valence-corrected chi connectivity index (χ1v) is 7.41. The van der Waals surface area contributed by atoms with Gasteiger partial charge in [0.05, 0.1) is 5.56 Å². The molecule has 0 aliphatic heterocycles. The SMILES string of the molecule is O=Cc1cc(Br)ccc1OCc1cccc2ccccc12. The van der Waals surface area contributed by atoms with Crippen LogP contribution in [0.15, 0.2) is 65.1 Å². The molecule has 3 aromatic rings. The molecular formula is C18H13BrO2. The molecule has 3 aromatic carbocycles. The fourth-order valence-electron chi connectivity index (χ4n) is 2.32. The van der Waals surface area contributed by atoms with Gasteiger partial charge in [0.1, 0.15) is 12.4 Å². The van der Waals surface area contributed by atoms with Crippen LogP contribution < -0.4 is 4.74 Å². The van der Waals surface area contributed by atoms with E-state index in [-0.39, 0.29) is 0 Å². The van der Waals surface area contributed by atoms with Crippen molar-refractivity contribution in [1.29, 1.82) is 0 Å². The second-order valence-corrected chi connectivity index (χ2v) is 5.64. The van der Waals surface area contributed by atoms with Crippen LogP contribution in [0, 0.1) is 0 Å². The van der Waals surface area contributed by atoms with Gasteiger partial charge in [-0.2, -0.15) is 0 Å². The highest BCUT2D eigenvalue weighted by molar-refractivity contribution is 9.10. The molecule has 0 aliphatic carbocycles. The molecule has 104 valence electrons. The van der Waals surface area contributed by atoms with Crippen molar-refractivity contribution < 1.29 is 9.53 Å². The molecule has 21 heavy (non-hydrogen) atoms. The zero-order valence-corrected chi connectivity index (χ0v) is 12.8. The van der Waals surface area contributed by atoms with E-state index in [9.17, 15) is 4.79 Å². The monoisotopic (exact) mass is 340 g/mol. The molecule has 0 radical (unpaired) electrons. The van der Waals surface area contributed by atoms with Gasteiger partial charge in [0.25, 0.3) is 0 Å². The quantitative estimate of drug-likeness (QED) is 0.625. The fraction of sp³-hybridized carbons (Fsp3) is 0.0556. The Morgan fingerprint density at radius 2 is 1.81 bits per heavy atom. The zero-order chi connectivity index (χ0) is 14.7. The largest absolute Gasteiger partial charge is 0.488 e. The van der Waals surface area contributed by atoms with Gasteiger partial charge in [-0.3, -0.25) is 4.79 Å². The summed E-state index contributed by atoms with van der Waals surface area (Å²) in [7, 11) is 0. The molecule has 0 amide bonds. The fourth-order valence-corrected chi connectivity index (χ4v) is 2.70. The van der Waals surface area contributed by atoms with E-state index in [0.29, 0.717) is 17.9 Å². The summed E-state index contributed by atoms with van der Waals surface area (Å²) in [4.78, 5) is 11.1. The van der Waals surface area contributed by atoms with Gasteiger partial charge in [0.15, 0.2) is 6.29 Å². The molecule has 0 heterocycles. The maximum atomic E-state index is 11.1. The Hall–Kier alpha value is -2.13. The van der Waals surface area contributed by atoms with Gasteiger partial charge in [-0.1, -0.05) is 58.4 Å². The Labute approximate surface area is 131 Å². The van der Waals surface area contributed by atoms with Crippen LogP contribution in [0.25, 0.3) is 10.8 Å². The number of hydrogen-bond donors (Lipinski definition) is 0. The number of hydrogen-bond acceptors (Lipinski definition) is 2. The van der Waals surface area contributed by atoms with Gasteiger partial charge in [-0.25, -0.2) is 0 Å². The molecule has 3 heteroatoms. The van der Waals surface area contributed by atoms with E-state index in [2.05, 4.69) is 34.1 Å². The van der Waals surface area contributed by atoms with Crippen molar-refractivity contribution in [3.8, 4) is 5.75 Å². The molecule has 0 fully saturated rings. The molecule has 3 rings (SSSR count). The van der Waals surface area contributed by atoms with Crippen molar-refractivity contribution >= 4 is 33.0 Å². The van der Waals surface area contributed by atoms with E-state index in [1.54, 1.807) is 12.1 Å². The minimum atomic E-state index is 0.434. The first-order valence-electron chi connectivity index (χ1n) is 6.62. The topological polar surface area (TPSA) is 26.3 Å². The molecule has 0 atom stereocenters. The van der Waals surface area contributed by atoms with Crippen molar-refractivity contribution in [2.24, 2.45) is 0 Å². The van der Waals surface area contributed by atoms with Gasteiger partial charge >= 0.3 is 0 Å². The van der Waals surface area contributed by atoms with Crippen molar-refractivity contribution in [2.75, 3.05) is 0 Å². The number of ether oxygens (including phenoxy) is 1. The average Bonchev–Trinajstić information content (AvgIpc) is 2.53. The summed E-state index contributed by atoms with van der Waals surface area (Å²) in [5, 5.41) is 2.36. The van der Waals surface area contributed by atoms with Crippen molar-refractivity contribution in [2.45, 2.75) is 6.61 Å². The summed E-state index contributed by atoms with van der Waals surface area (Å²) < 4.78 is 6.69. The van der Waals surface area contributed by atoms with Gasteiger partial charge in [-0.05, 0) is 34.5 Å². The second kappa shape index (κ2) is 6.10. The lowest BCUT2D eigenvalue weighted by atomic mass is 10.1. The lowest BCUT2D eigenvalue weighted by molar-refractivity contribution is 0.111. The number of halogens is 1. The first-order chi connectivity index (χ1) is 10.3. The summed E-state index contributed by atoms with van der Waals surface area (Å²) in [5.41, 5.74) is 1.65. The first kappa shape index (κ1) is 13.8. The van der Waals surface area contributed by atoms with Crippen LogP contribution in [0.5, 0.6) is 5.75 Å². The Morgan fingerprint density at radius 1 is 1.00 bits per heavy atom. The molecule has 0 aromatic heterocycles. The van der Waals surface area contributed by atoms with Crippen LogP contribution in [0.1, 0.15) is 15.9 Å². The van der Waals surface area contributed by atoms with Crippen LogP contribution in [0.3, 0.4) is 0 Å². The van der Waals surface area contributed by atoms with E-state index in [1.807, 2.05) is 30.3 Å². The molecule has 0 aliphatic rings. The molecule has 0 unspecified atom stereocenters. The maximum absolute atomic E-state index is 11.1. The second-order valence-electron chi connectivity index (χ2n) is 4.73. The van der Waals surface area contributed by atoms with Crippen molar-refractivity contribution in [3.05, 3.63) is 76.3 Å². The summed E-state index contributed by atoms with van der Waals surface area (Å²) >= 11 is 3.35. The van der Waals surface area contributed by atoms with Crippen molar-refractivity contribution in [3.63, 3.8) is 0 Å². The third-order valence-electron chi connectivity index (χ3n) is 3.36. The summed E-state index contributed by atoms with van der Waals surface area (Å²) in [5.74, 6) is 0.598. The number of carbonyl (C=O) groups excluding carboxylic acids is 1. The number of rotatable bonds is 4. The minimum Gasteiger partial charge on any atom is -0.488 e. The van der Waals surface area contributed by atoms with Gasteiger partial charge in [0, 0.05) is 4.47 Å². The third kappa shape index (κ3) is 2.98. The number of aldehydes is 1. The molecule has 2 nitrogen and oxygen atoms in total. The highest BCUT2D eigenvalue weighted by Crippen LogP contribution is 2.24. The molecule has 0 spiro atoms. The predicted octanol–water partition coefficient (Wildman–Crippen LogP) is 4.99. The molecule has 0 bridgehead atoms. The third-order valence-corrected chi connectivity index (χ3v) is 3.86. The van der Waals surface area contributed by atoms with Crippen LogP contribution in [-0.2, 0) is 6.61 Å². The highest BCUT2D eigenvalue weighted by atomic mass is 79.9. The Balaban J connectivity index is 1.89. The van der Waals surface area contributed by atoms with Crippen LogP contribution >= 0.6 is 15.9 Å². The minimum absolute atomic E-state index is 0.434. The Morgan fingerprint density at radius 3 is 2.67 bits per heavy atom. The summed E-state index contributed by atoms with van der Waals surface area (Å²) in [6, 6.07) is 19.8. The smallest absolute Gasteiger partial charge is 0.153 e. The molecule has 0 saturated heterocycles. The van der Waals surface area contributed by atoms with E-state index in [0.717, 1.165) is 16.3 Å². The predicted molar refractivity (Wildman–Crippen MR) is 87.8 cm³/mol. The number of carbonyl (C=O) groups is 1. The zero-order valence-electron chi connectivity index (χ0n) is 11.3. The van der Waals surface area contributed by atoms with Crippen LogP contribution in [-0.4, -0.2) is 6.29 Å². The number of benzene rings is 3. The van der Waals surface area contributed by atoms with E-state index >= 15 is 0 Å². The Kier molecular flexibility index (Phi) is 4.02.